The highest BCUT2D eigenvalue weighted by Gasteiger charge is 2.55. The number of fused-ring (bicyclic) bond motifs is 1. The molecule has 0 aromatic heterocycles. The van der Waals surface area contributed by atoms with Crippen molar-refractivity contribution in [1.29, 1.82) is 0 Å². The molecule has 2 fully saturated rings. The Hall–Kier alpha value is -2.46. The number of rotatable bonds is 4. The third-order valence-corrected chi connectivity index (χ3v) is 8.86. The summed E-state index contributed by atoms with van der Waals surface area (Å²) in [5, 5.41) is 2.88. The number of aryl methyl sites for hydroxylation is 1. The van der Waals surface area contributed by atoms with E-state index in [1.54, 1.807) is 17.0 Å². The molecular weight excluding hydrogens is 432 g/mol. The van der Waals surface area contributed by atoms with E-state index in [1.165, 1.54) is 20.2 Å². The molecule has 4 amide bonds. The van der Waals surface area contributed by atoms with Gasteiger partial charge < -0.3 is 10.2 Å². The maximum absolute atomic E-state index is 13.2. The molecule has 1 spiro atoms. The normalized spacial score (nSPS) is 25.9. The van der Waals surface area contributed by atoms with Crippen molar-refractivity contribution in [3.63, 3.8) is 0 Å². The number of amides is 4. The molecule has 2 aliphatic heterocycles. The Kier molecular flexibility index (Phi) is 5.79. The number of benzene rings is 1. The van der Waals surface area contributed by atoms with E-state index in [2.05, 4.69) is 5.32 Å². The molecule has 4 rings (SSSR count). The van der Waals surface area contributed by atoms with Crippen molar-refractivity contribution >= 4 is 33.6 Å². The molecule has 1 aliphatic carbocycles. The van der Waals surface area contributed by atoms with Gasteiger partial charge in [0.05, 0.1) is 4.90 Å². The summed E-state index contributed by atoms with van der Waals surface area (Å²) in [5.41, 5.74) is 0.499. The second-order valence-corrected chi connectivity index (χ2v) is 11.3. The number of hydrogen-bond donors (Lipinski definition) is 1. The molecule has 1 N–H and O–H groups in total. The molecule has 9 nitrogen and oxygen atoms in total. The number of imide groups is 1. The minimum absolute atomic E-state index is 0.0283. The Labute approximate surface area is 188 Å². The third-order valence-electron chi connectivity index (χ3n) is 7.04. The molecule has 10 heteroatoms. The fourth-order valence-electron chi connectivity index (χ4n) is 5.06. The predicted octanol–water partition coefficient (Wildman–Crippen LogP) is 1.72. The number of urea groups is 1. The van der Waals surface area contributed by atoms with Crippen molar-refractivity contribution in [3.8, 4) is 0 Å². The average molecular weight is 463 g/mol. The standard InChI is InChI=1S/C22H30N4O5S/c1-15-7-4-5-11-22(15)20(28)26(21(29)23-22)14-19(27)25-12-6-8-16-13-17(9-10-18(16)25)32(30,31)24(2)3/h9-10,13,15H,4-8,11-12,14H2,1-3H3,(H,23,29). The largest absolute Gasteiger partial charge is 0.325 e. The van der Waals surface area contributed by atoms with E-state index in [1.807, 2.05) is 6.92 Å². The summed E-state index contributed by atoms with van der Waals surface area (Å²) in [5.74, 6) is -0.633. The van der Waals surface area contributed by atoms with Crippen LogP contribution in [0.2, 0.25) is 0 Å². The lowest BCUT2D eigenvalue weighted by Crippen LogP contribution is -2.54. The lowest BCUT2D eigenvalue weighted by Gasteiger charge is -2.37. The Balaban J connectivity index is 1.55. The van der Waals surface area contributed by atoms with Crippen LogP contribution in [0.4, 0.5) is 10.5 Å². The van der Waals surface area contributed by atoms with Crippen molar-refractivity contribution in [2.45, 2.75) is 55.9 Å². The number of carbonyl (C=O) groups excluding carboxylic acids is 3. The fraction of sp³-hybridized carbons (Fsp3) is 0.591. The van der Waals surface area contributed by atoms with Gasteiger partial charge in [-0.15, -0.1) is 0 Å². The van der Waals surface area contributed by atoms with Gasteiger partial charge in [0.2, 0.25) is 15.9 Å². The fourth-order valence-corrected chi connectivity index (χ4v) is 6.02. The van der Waals surface area contributed by atoms with Crippen LogP contribution >= 0.6 is 0 Å². The number of hydrogen-bond acceptors (Lipinski definition) is 5. The first-order valence-corrected chi connectivity index (χ1v) is 12.5. The summed E-state index contributed by atoms with van der Waals surface area (Å²) in [4.78, 5) is 41.8. The van der Waals surface area contributed by atoms with Crippen molar-refractivity contribution in [2.24, 2.45) is 5.92 Å². The minimum atomic E-state index is -3.58. The van der Waals surface area contributed by atoms with Crippen molar-refractivity contribution < 1.29 is 22.8 Å². The number of nitrogens with zero attached hydrogens (tertiary/aromatic N) is 3. The first kappa shape index (κ1) is 22.7. The number of carbonyl (C=O) groups is 3. The van der Waals surface area contributed by atoms with Crippen LogP contribution in [-0.4, -0.2) is 68.2 Å². The van der Waals surface area contributed by atoms with Crippen LogP contribution in [0, 0.1) is 5.92 Å². The average Bonchev–Trinajstić information content (AvgIpc) is 2.99. The van der Waals surface area contributed by atoms with Crippen LogP contribution in [0.5, 0.6) is 0 Å². The van der Waals surface area contributed by atoms with Crippen LogP contribution in [0.25, 0.3) is 0 Å². The van der Waals surface area contributed by atoms with Crippen molar-refractivity contribution in [1.82, 2.24) is 14.5 Å². The van der Waals surface area contributed by atoms with Gasteiger partial charge in [0.15, 0.2) is 0 Å². The van der Waals surface area contributed by atoms with Crippen molar-refractivity contribution in [2.75, 3.05) is 32.1 Å². The van der Waals surface area contributed by atoms with Gasteiger partial charge in [-0.2, -0.15) is 0 Å². The smallest absolute Gasteiger partial charge is 0.323 e. The molecule has 1 saturated carbocycles. The highest BCUT2D eigenvalue weighted by atomic mass is 32.2. The van der Waals surface area contributed by atoms with Gasteiger partial charge in [-0.3, -0.25) is 14.5 Å². The van der Waals surface area contributed by atoms with E-state index in [9.17, 15) is 22.8 Å². The van der Waals surface area contributed by atoms with Gasteiger partial charge >= 0.3 is 6.03 Å². The van der Waals surface area contributed by atoms with E-state index >= 15 is 0 Å². The van der Waals surface area contributed by atoms with Crippen LogP contribution in [0.3, 0.4) is 0 Å². The van der Waals surface area contributed by atoms with Gasteiger partial charge in [-0.05, 0) is 55.4 Å². The summed E-state index contributed by atoms with van der Waals surface area (Å²) in [7, 11) is -0.629. The zero-order valence-electron chi connectivity index (χ0n) is 18.8. The highest BCUT2D eigenvalue weighted by Crippen LogP contribution is 2.38. The maximum Gasteiger partial charge on any atom is 0.325 e. The van der Waals surface area contributed by atoms with E-state index in [0.717, 1.165) is 34.0 Å². The summed E-state index contributed by atoms with van der Waals surface area (Å²) in [6, 6.07) is 4.23. The molecular formula is C22H30N4O5S. The zero-order valence-corrected chi connectivity index (χ0v) is 19.6. The molecule has 1 aromatic rings. The van der Waals surface area contributed by atoms with Gasteiger partial charge in [-0.1, -0.05) is 19.8 Å². The highest BCUT2D eigenvalue weighted by molar-refractivity contribution is 7.89. The zero-order chi connectivity index (χ0) is 23.3. The monoisotopic (exact) mass is 462 g/mol. The van der Waals surface area contributed by atoms with E-state index in [4.69, 9.17) is 0 Å². The molecule has 1 saturated heterocycles. The van der Waals surface area contributed by atoms with E-state index in [0.29, 0.717) is 31.5 Å². The molecule has 2 atom stereocenters. The molecule has 3 aliphatic rings. The maximum atomic E-state index is 13.2. The number of sulfonamides is 1. The van der Waals surface area contributed by atoms with Gasteiger partial charge in [-0.25, -0.2) is 17.5 Å². The molecule has 174 valence electrons. The summed E-state index contributed by atoms with van der Waals surface area (Å²) < 4.78 is 26.1. The number of nitrogens with one attached hydrogen (secondary N) is 1. The topological polar surface area (TPSA) is 107 Å². The molecule has 1 aromatic carbocycles. The first-order valence-electron chi connectivity index (χ1n) is 11.1. The van der Waals surface area contributed by atoms with Gasteiger partial charge in [0, 0.05) is 26.3 Å². The van der Waals surface area contributed by atoms with Crippen LogP contribution in [0.15, 0.2) is 23.1 Å². The van der Waals surface area contributed by atoms with Crippen LogP contribution < -0.4 is 10.2 Å². The van der Waals surface area contributed by atoms with Crippen molar-refractivity contribution in [3.05, 3.63) is 23.8 Å². The molecule has 0 bridgehead atoms. The second kappa shape index (κ2) is 8.15. The summed E-state index contributed by atoms with van der Waals surface area (Å²) in [6.07, 6.45) is 4.69. The Morgan fingerprint density at radius 2 is 1.97 bits per heavy atom. The third kappa shape index (κ3) is 3.59. The predicted molar refractivity (Wildman–Crippen MR) is 119 cm³/mol. The lowest BCUT2D eigenvalue weighted by atomic mass is 9.73. The number of anilines is 1. The van der Waals surface area contributed by atoms with Gasteiger partial charge in [0.1, 0.15) is 12.1 Å². The van der Waals surface area contributed by atoms with Gasteiger partial charge in [0.25, 0.3) is 5.91 Å². The molecule has 2 heterocycles. The van der Waals surface area contributed by atoms with E-state index in [-0.39, 0.29) is 29.2 Å². The van der Waals surface area contributed by atoms with Crippen LogP contribution in [0.1, 0.15) is 44.6 Å². The first-order chi connectivity index (χ1) is 15.1. The Morgan fingerprint density at radius 1 is 1.22 bits per heavy atom. The second-order valence-electron chi connectivity index (χ2n) is 9.17. The summed E-state index contributed by atoms with van der Waals surface area (Å²) in [6.45, 7) is 2.11. The molecule has 32 heavy (non-hydrogen) atoms. The molecule has 2 unspecified atom stereocenters. The Morgan fingerprint density at radius 3 is 2.66 bits per heavy atom. The minimum Gasteiger partial charge on any atom is -0.323 e. The molecule has 0 radical (unpaired) electrons. The Bertz CT molecular complexity index is 1070. The van der Waals surface area contributed by atoms with E-state index < -0.39 is 21.6 Å². The lowest BCUT2D eigenvalue weighted by molar-refractivity contribution is -0.136. The SMILES string of the molecule is CC1CCCCC12NC(=O)N(CC(=O)N1CCCc3cc(S(=O)(=O)N(C)C)ccc31)C2=O. The quantitative estimate of drug-likeness (QED) is 0.686. The summed E-state index contributed by atoms with van der Waals surface area (Å²) >= 11 is 0. The van der Waals surface area contributed by atoms with Crippen LogP contribution in [-0.2, 0) is 26.0 Å².